The average molecular weight is 296 g/mol. The predicted octanol–water partition coefficient (Wildman–Crippen LogP) is 3.88. The maximum absolute atomic E-state index is 12.8. The number of imidazole rings is 1. The summed E-state index contributed by atoms with van der Waals surface area (Å²) in [4.78, 5) is 4.29. The quantitative estimate of drug-likeness (QED) is 0.694. The minimum atomic E-state index is -3.11. The number of nitrogens with zero attached hydrogens (tertiary/aromatic N) is 2. The smallest absolute Gasteiger partial charge is 0.308 e. The molecule has 0 aliphatic rings. The molecule has 2 aromatic heterocycles. The standard InChI is InChI=1S/C14H21N2O3P/c1-3-9-18-20(17,19-10-4-2)12-13-11-15-14-7-5-6-8-16(13)14/h5-8,11H,3-4,9-10,12H2,1-2H3. The summed E-state index contributed by atoms with van der Waals surface area (Å²) in [6.45, 7) is 4.85. The fraction of sp³-hybridized carbons (Fsp3) is 0.500. The highest BCUT2D eigenvalue weighted by molar-refractivity contribution is 7.53. The first-order valence-electron chi connectivity index (χ1n) is 6.97. The highest BCUT2D eigenvalue weighted by Gasteiger charge is 2.26. The Morgan fingerprint density at radius 1 is 1.20 bits per heavy atom. The summed E-state index contributed by atoms with van der Waals surface area (Å²) in [5, 5.41) is 0. The predicted molar refractivity (Wildman–Crippen MR) is 79.0 cm³/mol. The molecule has 0 aromatic carbocycles. The fourth-order valence-corrected chi connectivity index (χ4v) is 3.70. The van der Waals surface area contributed by atoms with Gasteiger partial charge >= 0.3 is 7.60 Å². The van der Waals surface area contributed by atoms with Gasteiger partial charge in [-0.2, -0.15) is 0 Å². The number of pyridine rings is 1. The van der Waals surface area contributed by atoms with Gasteiger partial charge in [0.1, 0.15) is 5.65 Å². The first-order chi connectivity index (χ1) is 9.68. The van der Waals surface area contributed by atoms with Gasteiger partial charge < -0.3 is 13.4 Å². The van der Waals surface area contributed by atoms with Crippen molar-refractivity contribution in [2.24, 2.45) is 0 Å². The van der Waals surface area contributed by atoms with Gasteiger partial charge in [0.05, 0.1) is 25.1 Å². The SMILES string of the molecule is CCCOP(=O)(Cc1cnc2ccccn12)OCCC. The lowest BCUT2D eigenvalue weighted by molar-refractivity contribution is 0.203. The molecule has 0 bridgehead atoms. The van der Waals surface area contributed by atoms with Gasteiger partial charge in [-0.05, 0) is 25.0 Å². The summed E-state index contributed by atoms with van der Waals surface area (Å²) in [6.07, 6.45) is 5.51. The van der Waals surface area contributed by atoms with E-state index in [4.69, 9.17) is 9.05 Å². The van der Waals surface area contributed by atoms with E-state index in [9.17, 15) is 4.57 Å². The monoisotopic (exact) mass is 296 g/mol. The van der Waals surface area contributed by atoms with Crippen molar-refractivity contribution in [2.75, 3.05) is 13.2 Å². The summed E-state index contributed by atoms with van der Waals surface area (Å²) < 4.78 is 25.7. The summed E-state index contributed by atoms with van der Waals surface area (Å²) in [6, 6.07) is 5.75. The van der Waals surface area contributed by atoms with Gasteiger partial charge in [-0.15, -0.1) is 0 Å². The van der Waals surface area contributed by atoms with Gasteiger partial charge in [-0.3, -0.25) is 4.57 Å². The van der Waals surface area contributed by atoms with Gasteiger partial charge in [0.15, 0.2) is 0 Å². The van der Waals surface area contributed by atoms with Gasteiger partial charge in [-0.25, -0.2) is 4.98 Å². The Balaban J connectivity index is 2.20. The van der Waals surface area contributed by atoms with Crippen LogP contribution in [0.15, 0.2) is 30.6 Å². The maximum atomic E-state index is 12.8. The third kappa shape index (κ3) is 3.69. The van der Waals surface area contributed by atoms with Gasteiger partial charge in [0.2, 0.25) is 0 Å². The zero-order valence-corrected chi connectivity index (χ0v) is 12.9. The Bertz CT molecular complexity index is 585. The molecule has 0 amide bonds. The Morgan fingerprint density at radius 2 is 1.90 bits per heavy atom. The second kappa shape index (κ2) is 7.02. The molecule has 0 atom stereocenters. The van der Waals surface area contributed by atoms with Crippen LogP contribution in [0.4, 0.5) is 0 Å². The van der Waals surface area contributed by atoms with Crippen LogP contribution in [0.5, 0.6) is 0 Å². The molecule has 2 aromatic rings. The topological polar surface area (TPSA) is 52.8 Å². The molecule has 0 spiro atoms. The van der Waals surface area contributed by atoms with Crippen molar-refractivity contribution in [1.82, 2.24) is 9.38 Å². The zero-order valence-electron chi connectivity index (χ0n) is 12.0. The second-order valence-corrected chi connectivity index (χ2v) is 6.67. The van der Waals surface area contributed by atoms with E-state index in [0.29, 0.717) is 13.2 Å². The van der Waals surface area contributed by atoms with Crippen LogP contribution in [0.25, 0.3) is 5.65 Å². The molecule has 0 radical (unpaired) electrons. The molecule has 2 rings (SSSR count). The van der Waals surface area contributed by atoms with Crippen molar-refractivity contribution in [3.8, 4) is 0 Å². The number of hydrogen-bond acceptors (Lipinski definition) is 4. The third-order valence-electron chi connectivity index (χ3n) is 2.83. The highest BCUT2D eigenvalue weighted by atomic mass is 31.2. The van der Waals surface area contributed by atoms with Crippen LogP contribution in [0.1, 0.15) is 32.4 Å². The summed E-state index contributed by atoms with van der Waals surface area (Å²) in [7, 11) is -3.11. The molecule has 0 unspecified atom stereocenters. The minimum absolute atomic E-state index is 0.248. The molecule has 0 saturated heterocycles. The summed E-state index contributed by atoms with van der Waals surface area (Å²) >= 11 is 0. The van der Waals surface area contributed by atoms with Crippen LogP contribution in [0, 0.1) is 0 Å². The van der Waals surface area contributed by atoms with Crippen LogP contribution >= 0.6 is 7.60 Å². The number of hydrogen-bond donors (Lipinski definition) is 0. The van der Waals surface area contributed by atoms with Crippen molar-refractivity contribution in [1.29, 1.82) is 0 Å². The molecule has 0 saturated carbocycles. The lowest BCUT2D eigenvalue weighted by Gasteiger charge is -2.17. The lowest BCUT2D eigenvalue weighted by atomic mass is 10.4. The van der Waals surface area contributed by atoms with Crippen LogP contribution < -0.4 is 0 Å². The molecule has 0 fully saturated rings. The average Bonchev–Trinajstić information content (AvgIpc) is 2.86. The van der Waals surface area contributed by atoms with E-state index in [-0.39, 0.29) is 6.16 Å². The van der Waals surface area contributed by atoms with E-state index in [1.165, 1.54) is 0 Å². The highest BCUT2D eigenvalue weighted by Crippen LogP contribution is 2.51. The zero-order chi connectivity index (χ0) is 14.4. The van der Waals surface area contributed by atoms with Crippen LogP contribution in [0.2, 0.25) is 0 Å². The normalized spacial score (nSPS) is 12.1. The molecule has 0 aliphatic heterocycles. The first-order valence-corrected chi connectivity index (χ1v) is 8.70. The molecule has 6 heteroatoms. The van der Waals surface area contributed by atoms with E-state index in [2.05, 4.69) is 4.98 Å². The van der Waals surface area contributed by atoms with E-state index < -0.39 is 7.60 Å². The number of aromatic nitrogens is 2. The number of rotatable bonds is 8. The van der Waals surface area contributed by atoms with Crippen molar-refractivity contribution in [2.45, 2.75) is 32.9 Å². The Labute approximate surface area is 119 Å². The molecule has 110 valence electrons. The van der Waals surface area contributed by atoms with Crippen molar-refractivity contribution in [3.05, 3.63) is 36.3 Å². The Kier molecular flexibility index (Phi) is 5.35. The van der Waals surface area contributed by atoms with Crippen LogP contribution in [-0.4, -0.2) is 22.6 Å². The molecule has 0 aliphatic carbocycles. The second-order valence-electron chi connectivity index (χ2n) is 4.61. The van der Waals surface area contributed by atoms with E-state index >= 15 is 0 Å². The Hall–Kier alpha value is -1.16. The van der Waals surface area contributed by atoms with Gasteiger partial charge in [-0.1, -0.05) is 19.9 Å². The van der Waals surface area contributed by atoms with Crippen LogP contribution in [0.3, 0.4) is 0 Å². The summed E-state index contributed by atoms with van der Waals surface area (Å²) in [5.41, 5.74) is 1.68. The van der Waals surface area contributed by atoms with Crippen molar-refractivity contribution in [3.63, 3.8) is 0 Å². The fourth-order valence-electron chi connectivity index (χ4n) is 1.89. The first kappa shape index (κ1) is 15.2. The molecule has 5 nitrogen and oxygen atoms in total. The van der Waals surface area contributed by atoms with Gasteiger partial charge in [0, 0.05) is 12.4 Å². The molecular formula is C14H21N2O3P. The van der Waals surface area contributed by atoms with E-state index in [1.54, 1.807) is 6.20 Å². The van der Waals surface area contributed by atoms with Gasteiger partial charge in [0.25, 0.3) is 0 Å². The molecular weight excluding hydrogens is 275 g/mol. The Morgan fingerprint density at radius 3 is 2.55 bits per heavy atom. The summed E-state index contributed by atoms with van der Waals surface area (Å²) in [5.74, 6) is 0. The lowest BCUT2D eigenvalue weighted by Crippen LogP contribution is -2.03. The van der Waals surface area contributed by atoms with Crippen molar-refractivity contribution < 1.29 is 13.6 Å². The number of fused-ring (bicyclic) bond motifs is 1. The largest absolute Gasteiger partial charge is 0.336 e. The molecule has 20 heavy (non-hydrogen) atoms. The minimum Gasteiger partial charge on any atom is -0.308 e. The molecule has 0 N–H and O–H groups in total. The third-order valence-corrected chi connectivity index (χ3v) is 4.70. The van der Waals surface area contributed by atoms with Crippen LogP contribution in [-0.2, 0) is 19.8 Å². The molecule has 2 heterocycles. The van der Waals surface area contributed by atoms with E-state index in [0.717, 1.165) is 24.2 Å². The van der Waals surface area contributed by atoms with E-state index in [1.807, 2.05) is 42.6 Å². The maximum Gasteiger partial charge on any atom is 0.336 e. The van der Waals surface area contributed by atoms with Crippen molar-refractivity contribution >= 4 is 13.2 Å².